The molecule has 32 heavy (non-hydrogen) atoms. The molecule has 0 bridgehead atoms. The molecule has 0 aromatic carbocycles. The number of ether oxygens (including phenoxy) is 1. The second-order valence-electron chi connectivity index (χ2n) is 6.07. The Morgan fingerprint density at radius 2 is 1.66 bits per heavy atom. The zero-order valence-corrected chi connectivity index (χ0v) is 18.8. The van der Waals surface area contributed by atoms with Gasteiger partial charge in [-0.2, -0.15) is 8.62 Å². The Hall–Kier alpha value is -1.10. The number of nitrogens with one attached hydrogen (secondary N) is 1. The van der Waals surface area contributed by atoms with Crippen LogP contribution in [-0.2, 0) is 31.6 Å². The molecular weight excluding hydrogens is 512 g/mol. The second kappa shape index (κ2) is 10.4. The van der Waals surface area contributed by atoms with Gasteiger partial charge in [0.1, 0.15) is 18.9 Å². The number of halogens is 1. The van der Waals surface area contributed by atoms with Crippen molar-refractivity contribution in [2.75, 3.05) is 6.61 Å². The summed E-state index contributed by atoms with van der Waals surface area (Å²) >= 11 is 0. The maximum absolute atomic E-state index is 15.3. The molecule has 1 aromatic rings. The van der Waals surface area contributed by atoms with Crippen molar-refractivity contribution in [2.45, 2.75) is 38.1 Å². The number of aromatic amines is 1. The van der Waals surface area contributed by atoms with Crippen molar-refractivity contribution in [1.82, 2.24) is 9.55 Å². The molecule has 0 aliphatic heterocycles. The Bertz CT molecular complexity index is 1050. The highest BCUT2D eigenvalue weighted by Gasteiger charge is 2.48. The maximum Gasteiger partial charge on any atom is 0.490 e. The summed E-state index contributed by atoms with van der Waals surface area (Å²) in [6, 6.07) is 0.859. The largest absolute Gasteiger partial charge is 0.490 e. The van der Waals surface area contributed by atoms with Gasteiger partial charge < -0.3 is 34.5 Å². The number of rotatable bonds is 12. The van der Waals surface area contributed by atoms with Crippen LogP contribution in [0.3, 0.4) is 0 Å². The van der Waals surface area contributed by atoms with Crippen molar-refractivity contribution in [3.8, 4) is 0 Å². The highest BCUT2D eigenvalue weighted by molar-refractivity contribution is 7.66. The number of aromatic nitrogens is 2. The van der Waals surface area contributed by atoms with E-state index in [9.17, 15) is 38.4 Å². The summed E-state index contributed by atoms with van der Waals surface area (Å²) in [4.78, 5) is 60.2. The quantitative estimate of drug-likeness (QED) is 0.156. The number of hydrogen-bond donors (Lipinski definition) is 7. The summed E-state index contributed by atoms with van der Waals surface area (Å²) in [7, 11) is -17.4. The van der Waals surface area contributed by atoms with Crippen LogP contribution < -0.4 is 11.2 Å². The van der Waals surface area contributed by atoms with Crippen LogP contribution in [0.5, 0.6) is 0 Å². The minimum Gasteiger partial charge on any atom is -0.390 e. The van der Waals surface area contributed by atoms with Gasteiger partial charge in [-0.25, -0.2) is 22.9 Å². The second-order valence-corrected chi connectivity index (χ2v) is 10.5. The monoisotopic (exact) mass is 532 g/mol. The molecule has 0 aliphatic carbocycles. The third-order valence-corrected chi connectivity index (χ3v) is 7.13. The van der Waals surface area contributed by atoms with E-state index in [0.717, 1.165) is 26.1 Å². The van der Waals surface area contributed by atoms with Crippen LogP contribution in [0.15, 0.2) is 21.9 Å². The molecule has 0 aliphatic rings. The molecule has 0 fully saturated rings. The fourth-order valence-electron chi connectivity index (χ4n) is 2.08. The van der Waals surface area contributed by atoms with Gasteiger partial charge in [0, 0.05) is 12.3 Å². The third-order valence-electron chi connectivity index (χ3n) is 3.35. The zero-order chi connectivity index (χ0) is 25.1. The Morgan fingerprint density at radius 3 is 2.12 bits per heavy atom. The standard InChI is InChI=1S/C11H20FN2O15P3/c1-6(15)9(17)11(12,27-7(2)14-4-3-8(16)13-10(14)18)5-26-31(22,23)29-32(24,25)28-30(19,20)21/h3-4,6-7,9,15,17H,5H2,1-2H3,(H,22,23)(H,24,25)(H,13,16,18)(H2,19,20,21)/t6-,7+,9-,11?/m0/s1. The lowest BCUT2D eigenvalue weighted by Crippen LogP contribution is -2.51. The van der Waals surface area contributed by atoms with Gasteiger partial charge in [-0.15, -0.1) is 0 Å². The molecule has 1 rings (SSSR count). The highest BCUT2D eigenvalue weighted by atomic mass is 31.3. The smallest absolute Gasteiger partial charge is 0.390 e. The van der Waals surface area contributed by atoms with Crippen LogP contribution in [0.2, 0.25) is 0 Å². The van der Waals surface area contributed by atoms with Crippen molar-refractivity contribution in [2.24, 2.45) is 0 Å². The number of alkyl halides is 1. The molecule has 1 heterocycles. The van der Waals surface area contributed by atoms with Gasteiger partial charge in [-0.1, -0.05) is 0 Å². The number of hydrogen-bond acceptors (Lipinski definition) is 11. The molecule has 6 atom stereocenters. The number of phosphoric ester groups is 1. The molecule has 0 amide bonds. The Balaban J connectivity index is 3.10. The molecule has 0 spiro atoms. The summed E-state index contributed by atoms with van der Waals surface area (Å²) in [6.07, 6.45) is -5.16. The van der Waals surface area contributed by atoms with Crippen molar-refractivity contribution >= 4 is 23.5 Å². The number of phosphoric acid groups is 3. The van der Waals surface area contributed by atoms with Crippen LogP contribution in [0, 0.1) is 0 Å². The van der Waals surface area contributed by atoms with E-state index in [2.05, 4.69) is 13.1 Å². The Kier molecular flexibility index (Phi) is 9.44. The number of H-pyrrole nitrogens is 1. The van der Waals surface area contributed by atoms with Crippen molar-refractivity contribution < 1.29 is 65.8 Å². The molecule has 17 nitrogen and oxygen atoms in total. The molecular formula is C11H20FN2O15P3. The van der Waals surface area contributed by atoms with E-state index < -0.39 is 65.6 Å². The van der Waals surface area contributed by atoms with Gasteiger partial charge in [-0.3, -0.25) is 18.9 Å². The normalized spacial score (nSPS) is 21.0. The van der Waals surface area contributed by atoms with Crippen molar-refractivity contribution in [3.05, 3.63) is 33.1 Å². The maximum atomic E-state index is 15.3. The highest BCUT2D eigenvalue weighted by Crippen LogP contribution is 2.66. The van der Waals surface area contributed by atoms with Crippen molar-refractivity contribution in [3.63, 3.8) is 0 Å². The first-order valence-electron chi connectivity index (χ1n) is 8.09. The first-order chi connectivity index (χ1) is 14.3. The van der Waals surface area contributed by atoms with E-state index in [1.807, 2.05) is 4.98 Å². The fraction of sp³-hybridized carbons (Fsp3) is 0.636. The summed E-state index contributed by atoms with van der Waals surface area (Å²) in [5.41, 5.74) is -1.88. The van der Waals surface area contributed by atoms with Crippen LogP contribution in [0.4, 0.5) is 4.39 Å². The van der Waals surface area contributed by atoms with Crippen LogP contribution in [0.25, 0.3) is 0 Å². The third kappa shape index (κ3) is 9.03. The van der Waals surface area contributed by atoms with E-state index in [-0.39, 0.29) is 0 Å². The van der Waals surface area contributed by atoms with Gasteiger partial charge in [0.25, 0.3) is 11.4 Å². The summed E-state index contributed by atoms with van der Waals surface area (Å²) in [5, 5.41) is 19.4. The Morgan fingerprint density at radius 1 is 1.09 bits per heavy atom. The van der Waals surface area contributed by atoms with Gasteiger partial charge >= 0.3 is 29.2 Å². The number of aliphatic hydroxyl groups excluding tert-OH is 2. The minimum absolute atomic E-state index is 0.620. The average Bonchev–Trinajstić information content (AvgIpc) is 2.56. The van der Waals surface area contributed by atoms with E-state index in [4.69, 9.17) is 19.4 Å². The lowest BCUT2D eigenvalue weighted by molar-refractivity contribution is -0.273. The first-order valence-corrected chi connectivity index (χ1v) is 12.6. The number of nitrogens with zero attached hydrogens (tertiary/aromatic N) is 1. The molecule has 0 saturated carbocycles. The van der Waals surface area contributed by atoms with Gasteiger partial charge in [-0.05, 0) is 13.8 Å². The molecule has 0 radical (unpaired) electrons. The fourth-order valence-corrected chi connectivity index (χ4v) is 5.11. The lowest BCUT2D eigenvalue weighted by Gasteiger charge is -2.34. The van der Waals surface area contributed by atoms with Crippen LogP contribution in [0.1, 0.15) is 20.1 Å². The molecule has 186 valence electrons. The van der Waals surface area contributed by atoms with Gasteiger partial charge in [0.05, 0.1) is 6.10 Å². The molecule has 7 N–H and O–H groups in total. The Labute approximate surface area is 177 Å². The molecule has 21 heteroatoms. The SMILES string of the molecule is C[C@H](O)[C@H](O)C(F)(COP(=O)(O)OP(=O)(O)OP(=O)(O)O)O[C@H](C)n1ccc(=O)[nH]c1=O. The average molecular weight is 532 g/mol. The van der Waals surface area contributed by atoms with E-state index in [1.54, 1.807) is 0 Å². The van der Waals surface area contributed by atoms with Crippen LogP contribution in [-0.4, -0.2) is 64.0 Å². The first kappa shape index (κ1) is 28.9. The topological polar surface area (TPSA) is 264 Å². The predicted molar refractivity (Wildman–Crippen MR) is 98.5 cm³/mol. The lowest BCUT2D eigenvalue weighted by atomic mass is 10.1. The molecule has 0 saturated heterocycles. The van der Waals surface area contributed by atoms with E-state index in [1.165, 1.54) is 0 Å². The van der Waals surface area contributed by atoms with Gasteiger partial charge in [0.15, 0.2) is 0 Å². The zero-order valence-electron chi connectivity index (χ0n) is 16.1. The summed E-state index contributed by atoms with van der Waals surface area (Å²) in [5.74, 6) is -3.59. The van der Waals surface area contributed by atoms with Gasteiger partial charge in [0.2, 0.25) is 0 Å². The molecule has 3 unspecified atom stereocenters. The van der Waals surface area contributed by atoms with E-state index >= 15 is 4.39 Å². The minimum atomic E-state index is -5.90. The predicted octanol–water partition coefficient (Wildman–Crippen LogP) is -1.18. The van der Waals surface area contributed by atoms with Crippen molar-refractivity contribution in [1.29, 1.82) is 0 Å². The van der Waals surface area contributed by atoms with E-state index in [0.29, 0.717) is 4.57 Å². The summed E-state index contributed by atoms with van der Waals surface area (Å²) < 4.78 is 65.5. The molecule has 1 aromatic heterocycles. The number of aliphatic hydroxyl groups is 2. The summed E-state index contributed by atoms with van der Waals surface area (Å²) in [6.45, 7) is 0.128. The van der Waals surface area contributed by atoms with Crippen LogP contribution >= 0.6 is 23.5 Å².